The molecule has 0 bridgehead atoms. The molecule has 2 rings (SSSR count). The van der Waals surface area contributed by atoms with Crippen molar-refractivity contribution in [2.24, 2.45) is 5.92 Å². The van der Waals surface area contributed by atoms with Crippen molar-refractivity contribution in [3.8, 4) is 0 Å². The Bertz CT molecular complexity index is 431. The summed E-state index contributed by atoms with van der Waals surface area (Å²) in [6.45, 7) is 3.95. The maximum absolute atomic E-state index is 7.91. The first-order chi connectivity index (χ1) is 8.00. The fourth-order valence-electron chi connectivity index (χ4n) is 1.64. The first-order valence-corrected chi connectivity index (χ1v) is 5.68. The molecule has 1 aliphatic rings. The van der Waals surface area contributed by atoms with Gasteiger partial charge < -0.3 is 4.90 Å². The molecule has 1 fully saturated rings. The Morgan fingerprint density at radius 2 is 2.21 bits per heavy atom. The maximum atomic E-state index is 7.91. The second kappa shape index (κ2) is 4.30. The molecule has 2 nitrogen and oxygen atoms in total. The molecule has 76 valence electrons. The van der Waals surface area contributed by atoms with Crippen molar-refractivity contribution in [1.82, 2.24) is 4.98 Å². The summed E-state index contributed by atoms with van der Waals surface area (Å²) in [6, 6.07) is 0.168. The van der Waals surface area contributed by atoms with E-state index < -0.39 is 0 Å². The molecule has 1 aromatic heterocycles. The SMILES string of the molecule is [2H]c1nc(N2CCC(C)CC2)c([2H])c([2H])c1Br. The van der Waals surface area contributed by atoms with Crippen LogP contribution in [-0.4, -0.2) is 18.1 Å². The van der Waals surface area contributed by atoms with E-state index in [9.17, 15) is 0 Å². The summed E-state index contributed by atoms with van der Waals surface area (Å²) in [5, 5.41) is 0. The summed E-state index contributed by atoms with van der Waals surface area (Å²) in [5.41, 5.74) is 0. The first kappa shape index (κ1) is 6.83. The van der Waals surface area contributed by atoms with E-state index in [1.165, 1.54) is 0 Å². The van der Waals surface area contributed by atoms with Crippen LogP contribution in [0.3, 0.4) is 0 Å². The van der Waals surface area contributed by atoms with Crippen molar-refractivity contribution >= 4 is 21.7 Å². The average Bonchev–Trinajstić information content (AvgIpc) is 2.32. The van der Waals surface area contributed by atoms with Gasteiger partial charge in [0.05, 0.1) is 4.11 Å². The Labute approximate surface area is 97.7 Å². The second-order valence-electron chi connectivity index (χ2n) is 3.78. The van der Waals surface area contributed by atoms with Crippen LogP contribution in [-0.2, 0) is 0 Å². The normalized spacial score (nSPS) is 21.6. The molecule has 0 aromatic carbocycles. The van der Waals surface area contributed by atoms with Crippen molar-refractivity contribution in [3.05, 3.63) is 22.7 Å². The van der Waals surface area contributed by atoms with Gasteiger partial charge in [0, 0.05) is 23.7 Å². The molecule has 1 aromatic rings. The van der Waals surface area contributed by atoms with Gasteiger partial charge in [0.2, 0.25) is 0 Å². The predicted molar refractivity (Wildman–Crippen MR) is 62.5 cm³/mol. The van der Waals surface area contributed by atoms with E-state index in [1.54, 1.807) is 0 Å². The summed E-state index contributed by atoms with van der Waals surface area (Å²) in [6.07, 6.45) is 2.20. The third-order valence-electron chi connectivity index (χ3n) is 2.63. The van der Waals surface area contributed by atoms with Crippen LogP contribution in [0.25, 0.3) is 0 Å². The fraction of sp³-hybridized carbons (Fsp3) is 0.545. The summed E-state index contributed by atoms with van der Waals surface area (Å²) in [4.78, 5) is 6.14. The molecule has 3 heteroatoms. The van der Waals surface area contributed by atoms with E-state index in [4.69, 9.17) is 4.11 Å². The zero-order valence-electron chi connectivity index (χ0n) is 11.2. The largest absolute Gasteiger partial charge is 0.357 e. The highest BCUT2D eigenvalue weighted by molar-refractivity contribution is 9.10. The number of piperidine rings is 1. The number of aromatic nitrogens is 1. The van der Waals surface area contributed by atoms with Crippen LogP contribution in [0.1, 0.15) is 23.9 Å². The molecule has 2 heterocycles. The van der Waals surface area contributed by atoms with Gasteiger partial charge in [-0.1, -0.05) is 6.92 Å². The van der Waals surface area contributed by atoms with Gasteiger partial charge in [-0.05, 0) is 46.8 Å². The zero-order valence-corrected chi connectivity index (χ0v) is 9.76. The molecule has 0 N–H and O–H groups in total. The van der Waals surface area contributed by atoms with Gasteiger partial charge in [0.25, 0.3) is 0 Å². The molecule has 14 heavy (non-hydrogen) atoms. The molecule has 0 radical (unpaired) electrons. The Kier molecular flexibility index (Phi) is 2.10. The zero-order chi connectivity index (χ0) is 12.6. The molecular formula is C11H15BrN2. The van der Waals surface area contributed by atoms with Gasteiger partial charge in [-0.2, -0.15) is 0 Å². The lowest BCUT2D eigenvalue weighted by Gasteiger charge is -2.31. The van der Waals surface area contributed by atoms with Crippen LogP contribution in [0.15, 0.2) is 22.7 Å². The van der Waals surface area contributed by atoms with E-state index in [-0.39, 0.29) is 18.3 Å². The lowest BCUT2D eigenvalue weighted by Crippen LogP contribution is -2.33. The number of hydrogen-bond donors (Lipinski definition) is 0. The standard InChI is InChI=1S/C11H15BrN2/c1-9-4-6-14(7-5-9)11-3-2-10(12)8-13-11/h2-3,8-9H,4-7H2,1H3/i2D,3D,8D. The third-order valence-corrected chi connectivity index (χ3v) is 3.00. The summed E-state index contributed by atoms with van der Waals surface area (Å²) in [7, 11) is 0. The quantitative estimate of drug-likeness (QED) is 0.769. The van der Waals surface area contributed by atoms with Crippen LogP contribution >= 0.6 is 15.9 Å². The summed E-state index contributed by atoms with van der Waals surface area (Å²) < 4.78 is 23.6. The topological polar surface area (TPSA) is 16.1 Å². The van der Waals surface area contributed by atoms with Gasteiger partial charge in [0.15, 0.2) is 0 Å². The Morgan fingerprint density at radius 3 is 2.93 bits per heavy atom. The monoisotopic (exact) mass is 257 g/mol. The van der Waals surface area contributed by atoms with Crippen LogP contribution in [0, 0.1) is 5.92 Å². The van der Waals surface area contributed by atoms with Crippen molar-refractivity contribution in [2.75, 3.05) is 18.0 Å². The lowest BCUT2D eigenvalue weighted by molar-refractivity contribution is 0.436. The number of hydrogen-bond acceptors (Lipinski definition) is 2. The number of pyridine rings is 1. The Morgan fingerprint density at radius 1 is 1.50 bits per heavy atom. The fourth-order valence-corrected chi connectivity index (χ4v) is 1.83. The second-order valence-corrected chi connectivity index (χ2v) is 4.57. The van der Waals surface area contributed by atoms with Gasteiger partial charge in [0.1, 0.15) is 5.82 Å². The van der Waals surface area contributed by atoms with Crippen LogP contribution in [0.4, 0.5) is 5.82 Å². The van der Waals surface area contributed by atoms with Crippen molar-refractivity contribution in [3.63, 3.8) is 0 Å². The minimum atomic E-state index is 0.0413. The lowest BCUT2D eigenvalue weighted by atomic mass is 9.99. The van der Waals surface area contributed by atoms with Crippen LogP contribution < -0.4 is 4.90 Å². The van der Waals surface area contributed by atoms with Crippen molar-refractivity contribution in [2.45, 2.75) is 19.8 Å². The highest BCUT2D eigenvalue weighted by Crippen LogP contribution is 2.21. The van der Waals surface area contributed by atoms with Gasteiger partial charge in [-0.3, -0.25) is 0 Å². The highest BCUT2D eigenvalue weighted by atomic mass is 79.9. The maximum Gasteiger partial charge on any atom is 0.128 e. The van der Waals surface area contributed by atoms with E-state index in [0.717, 1.165) is 25.9 Å². The Balaban J connectivity index is 2.33. The number of anilines is 1. The van der Waals surface area contributed by atoms with E-state index in [0.29, 0.717) is 16.2 Å². The minimum Gasteiger partial charge on any atom is -0.357 e. The first-order valence-electron chi connectivity index (χ1n) is 6.39. The van der Waals surface area contributed by atoms with E-state index in [2.05, 4.69) is 27.8 Å². The average molecular weight is 258 g/mol. The molecular weight excluding hydrogens is 240 g/mol. The van der Waals surface area contributed by atoms with E-state index in [1.807, 2.05) is 4.90 Å². The van der Waals surface area contributed by atoms with Crippen LogP contribution in [0.2, 0.25) is 0 Å². The third kappa shape index (κ3) is 2.27. The van der Waals surface area contributed by atoms with Gasteiger partial charge >= 0.3 is 0 Å². The van der Waals surface area contributed by atoms with E-state index >= 15 is 0 Å². The smallest absolute Gasteiger partial charge is 0.128 e. The highest BCUT2D eigenvalue weighted by Gasteiger charge is 2.16. The van der Waals surface area contributed by atoms with Crippen molar-refractivity contribution < 1.29 is 4.11 Å². The van der Waals surface area contributed by atoms with Crippen molar-refractivity contribution in [1.29, 1.82) is 0 Å². The summed E-state index contributed by atoms with van der Waals surface area (Å²) in [5.74, 6) is 1.19. The van der Waals surface area contributed by atoms with Crippen LogP contribution in [0.5, 0.6) is 0 Å². The van der Waals surface area contributed by atoms with Gasteiger partial charge in [-0.15, -0.1) is 0 Å². The minimum absolute atomic E-state index is 0.0413. The number of nitrogens with zero attached hydrogens (tertiary/aromatic N) is 2. The molecule has 0 aliphatic carbocycles. The molecule has 1 aliphatic heterocycles. The molecule has 0 unspecified atom stereocenters. The molecule has 0 spiro atoms. The molecule has 0 amide bonds. The number of halogens is 1. The Hall–Kier alpha value is -0.570. The predicted octanol–water partition coefficient (Wildman–Crippen LogP) is 3.08. The summed E-state index contributed by atoms with van der Waals surface area (Å²) >= 11 is 3.12. The molecule has 0 atom stereocenters. The molecule has 0 saturated carbocycles. The molecule has 1 saturated heterocycles. The number of rotatable bonds is 1. The van der Waals surface area contributed by atoms with Gasteiger partial charge in [-0.25, -0.2) is 4.98 Å².